The highest BCUT2D eigenvalue weighted by molar-refractivity contribution is 7.10. The molecule has 1 aliphatic rings. The van der Waals surface area contributed by atoms with E-state index < -0.39 is 0 Å². The number of hydrogen-bond acceptors (Lipinski definition) is 3. The molecular formula is C10H16N2S. The average Bonchev–Trinajstić information content (AvgIpc) is 2.60. The Hall–Kier alpha value is -0.380. The van der Waals surface area contributed by atoms with Crippen LogP contribution in [-0.2, 0) is 0 Å². The number of thiophene rings is 1. The Morgan fingerprint density at radius 3 is 2.85 bits per heavy atom. The number of nitrogens with two attached hydrogens (primary N) is 1. The Balaban J connectivity index is 2.29. The predicted molar refractivity (Wildman–Crippen MR) is 57.0 cm³/mol. The van der Waals surface area contributed by atoms with Gasteiger partial charge in [-0.25, -0.2) is 0 Å². The van der Waals surface area contributed by atoms with Crippen LogP contribution in [0.25, 0.3) is 0 Å². The first-order chi connectivity index (χ1) is 6.20. The summed E-state index contributed by atoms with van der Waals surface area (Å²) in [5.41, 5.74) is 7.48. The molecule has 0 radical (unpaired) electrons. The standard InChI is InChI=1S/C10H16N2S/c1-7-4-6-13-10(7)9-8(11)3-5-12(9)2/h4,6,8-9H,3,5,11H2,1-2H3. The van der Waals surface area contributed by atoms with Gasteiger partial charge in [0.15, 0.2) is 0 Å². The molecule has 1 aromatic rings. The van der Waals surface area contributed by atoms with Crippen molar-refractivity contribution in [3.63, 3.8) is 0 Å². The monoisotopic (exact) mass is 196 g/mol. The molecule has 72 valence electrons. The summed E-state index contributed by atoms with van der Waals surface area (Å²) in [5.74, 6) is 0. The maximum atomic E-state index is 6.09. The van der Waals surface area contributed by atoms with Gasteiger partial charge in [-0.2, -0.15) is 0 Å². The third kappa shape index (κ3) is 1.52. The normalized spacial score (nSPS) is 29.8. The average molecular weight is 196 g/mol. The fourth-order valence-electron chi connectivity index (χ4n) is 2.06. The highest BCUT2D eigenvalue weighted by atomic mass is 32.1. The molecule has 0 aromatic carbocycles. The third-order valence-corrected chi connectivity index (χ3v) is 3.96. The molecule has 0 amide bonds. The van der Waals surface area contributed by atoms with Gasteiger partial charge in [0, 0.05) is 17.5 Å². The molecule has 0 spiro atoms. The maximum Gasteiger partial charge on any atom is 0.0594 e. The van der Waals surface area contributed by atoms with Crippen LogP contribution in [0.1, 0.15) is 22.9 Å². The van der Waals surface area contributed by atoms with Gasteiger partial charge < -0.3 is 5.73 Å². The van der Waals surface area contributed by atoms with E-state index in [1.165, 1.54) is 10.4 Å². The zero-order chi connectivity index (χ0) is 9.42. The van der Waals surface area contributed by atoms with Crippen molar-refractivity contribution in [2.45, 2.75) is 25.4 Å². The van der Waals surface area contributed by atoms with Crippen LogP contribution in [-0.4, -0.2) is 24.5 Å². The van der Waals surface area contributed by atoms with Crippen LogP contribution in [0.3, 0.4) is 0 Å². The summed E-state index contributed by atoms with van der Waals surface area (Å²) in [4.78, 5) is 3.82. The first kappa shape index (κ1) is 9.19. The zero-order valence-corrected chi connectivity index (χ0v) is 8.97. The van der Waals surface area contributed by atoms with Crippen molar-refractivity contribution < 1.29 is 0 Å². The molecule has 1 aromatic heterocycles. The number of rotatable bonds is 1. The summed E-state index contributed by atoms with van der Waals surface area (Å²) in [7, 11) is 2.16. The van der Waals surface area contributed by atoms with Crippen LogP contribution in [0.15, 0.2) is 11.4 Å². The van der Waals surface area contributed by atoms with Crippen molar-refractivity contribution in [3.8, 4) is 0 Å². The summed E-state index contributed by atoms with van der Waals surface area (Å²) >= 11 is 1.83. The molecule has 2 nitrogen and oxygen atoms in total. The Bertz CT molecular complexity index is 285. The SMILES string of the molecule is Cc1ccsc1C1C(N)CCN1C. The van der Waals surface area contributed by atoms with E-state index in [9.17, 15) is 0 Å². The topological polar surface area (TPSA) is 29.3 Å². The van der Waals surface area contributed by atoms with Crippen LogP contribution in [0, 0.1) is 6.92 Å². The molecule has 3 heteroatoms. The predicted octanol–water partition coefficient (Wildman–Crippen LogP) is 1.76. The van der Waals surface area contributed by atoms with E-state index >= 15 is 0 Å². The van der Waals surface area contributed by atoms with Gasteiger partial charge >= 0.3 is 0 Å². The minimum absolute atomic E-state index is 0.322. The second-order valence-corrected chi connectivity index (χ2v) is 4.79. The highest BCUT2D eigenvalue weighted by Crippen LogP contribution is 2.34. The van der Waals surface area contributed by atoms with Crippen molar-refractivity contribution in [1.82, 2.24) is 4.90 Å². The summed E-state index contributed by atoms with van der Waals surface area (Å²) in [5, 5.41) is 2.16. The number of nitrogens with zero attached hydrogens (tertiary/aromatic N) is 1. The Morgan fingerprint density at radius 1 is 1.62 bits per heavy atom. The van der Waals surface area contributed by atoms with Crippen LogP contribution in [0.5, 0.6) is 0 Å². The van der Waals surface area contributed by atoms with Crippen molar-refractivity contribution >= 4 is 11.3 Å². The molecule has 2 atom stereocenters. The van der Waals surface area contributed by atoms with E-state index in [1.807, 2.05) is 11.3 Å². The molecule has 2 rings (SSSR count). The summed E-state index contributed by atoms with van der Waals surface area (Å²) in [6.07, 6.45) is 1.12. The summed E-state index contributed by atoms with van der Waals surface area (Å²) in [6, 6.07) is 2.96. The van der Waals surface area contributed by atoms with Gasteiger partial charge in [0.05, 0.1) is 6.04 Å². The second-order valence-electron chi connectivity index (χ2n) is 3.85. The van der Waals surface area contributed by atoms with Gasteiger partial charge in [-0.05, 0) is 37.4 Å². The Morgan fingerprint density at radius 2 is 2.38 bits per heavy atom. The maximum absolute atomic E-state index is 6.09. The van der Waals surface area contributed by atoms with Gasteiger partial charge in [-0.15, -0.1) is 11.3 Å². The molecule has 1 aliphatic heterocycles. The van der Waals surface area contributed by atoms with Gasteiger partial charge in [0.1, 0.15) is 0 Å². The number of likely N-dealkylation sites (tertiary alicyclic amines) is 1. The molecule has 13 heavy (non-hydrogen) atoms. The van der Waals surface area contributed by atoms with Crippen molar-refractivity contribution in [2.24, 2.45) is 5.73 Å². The van der Waals surface area contributed by atoms with E-state index in [4.69, 9.17) is 5.73 Å². The first-order valence-corrected chi connectivity index (χ1v) is 5.58. The van der Waals surface area contributed by atoms with E-state index in [2.05, 4.69) is 30.3 Å². The molecule has 1 saturated heterocycles. The lowest BCUT2D eigenvalue weighted by molar-refractivity contribution is 0.307. The lowest BCUT2D eigenvalue weighted by Crippen LogP contribution is -2.29. The molecule has 2 heterocycles. The fraction of sp³-hybridized carbons (Fsp3) is 0.600. The van der Waals surface area contributed by atoms with Gasteiger partial charge in [0.25, 0.3) is 0 Å². The molecule has 0 saturated carbocycles. The molecular weight excluding hydrogens is 180 g/mol. The second kappa shape index (κ2) is 3.40. The van der Waals surface area contributed by atoms with E-state index in [1.54, 1.807) is 0 Å². The van der Waals surface area contributed by atoms with Crippen LogP contribution in [0.4, 0.5) is 0 Å². The lowest BCUT2D eigenvalue weighted by atomic mass is 10.1. The highest BCUT2D eigenvalue weighted by Gasteiger charge is 2.31. The van der Waals surface area contributed by atoms with Crippen molar-refractivity contribution in [3.05, 3.63) is 21.9 Å². The van der Waals surface area contributed by atoms with Crippen molar-refractivity contribution in [2.75, 3.05) is 13.6 Å². The Kier molecular flexibility index (Phi) is 2.41. The summed E-state index contributed by atoms with van der Waals surface area (Å²) < 4.78 is 0. The summed E-state index contributed by atoms with van der Waals surface area (Å²) in [6.45, 7) is 3.30. The van der Waals surface area contributed by atoms with Gasteiger partial charge in [-0.1, -0.05) is 0 Å². The van der Waals surface area contributed by atoms with Crippen LogP contribution < -0.4 is 5.73 Å². The number of likely N-dealkylation sites (N-methyl/N-ethyl adjacent to an activating group) is 1. The Labute approximate surface area is 83.4 Å². The molecule has 2 unspecified atom stereocenters. The van der Waals surface area contributed by atoms with Crippen LogP contribution >= 0.6 is 11.3 Å². The third-order valence-electron chi connectivity index (χ3n) is 2.87. The molecule has 0 bridgehead atoms. The van der Waals surface area contributed by atoms with Crippen LogP contribution in [0.2, 0.25) is 0 Å². The van der Waals surface area contributed by atoms with Gasteiger partial charge in [0.2, 0.25) is 0 Å². The first-order valence-electron chi connectivity index (χ1n) is 4.70. The van der Waals surface area contributed by atoms with E-state index in [-0.39, 0.29) is 0 Å². The lowest BCUT2D eigenvalue weighted by Gasteiger charge is -2.22. The zero-order valence-electron chi connectivity index (χ0n) is 8.16. The van der Waals surface area contributed by atoms with E-state index in [0.717, 1.165) is 13.0 Å². The molecule has 2 N–H and O–H groups in total. The van der Waals surface area contributed by atoms with E-state index in [0.29, 0.717) is 12.1 Å². The van der Waals surface area contributed by atoms with Gasteiger partial charge in [-0.3, -0.25) is 4.90 Å². The molecule has 1 fully saturated rings. The smallest absolute Gasteiger partial charge is 0.0594 e. The number of hydrogen-bond donors (Lipinski definition) is 1. The fourth-order valence-corrected chi connectivity index (χ4v) is 3.23. The molecule has 0 aliphatic carbocycles. The largest absolute Gasteiger partial charge is 0.326 e. The number of aryl methyl sites for hydroxylation is 1. The minimum atomic E-state index is 0.322. The minimum Gasteiger partial charge on any atom is -0.326 e. The quantitative estimate of drug-likeness (QED) is 0.741. The van der Waals surface area contributed by atoms with Crippen molar-refractivity contribution in [1.29, 1.82) is 0 Å².